The summed E-state index contributed by atoms with van der Waals surface area (Å²) < 4.78 is 6.98. The van der Waals surface area contributed by atoms with Gasteiger partial charge in [0, 0.05) is 24.5 Å². The van der Waals surface area contributed by atoms with Gasteiger partial charge in [-0.05, 0) is 37.5 Å². The average Bonchev–Trinajstić information content (AvgIpc) is 3.21. The van der Waals surface area contributed by atoms with Crippen LogP contribution in [-0.2, 0) is 11.2 Å². The van der Waals surface area contributed by atoms with Gasteiger partial charge in [-0.1, -0.05) is 24.8 Å². The minimum absolute atomic E-state index is 0.0816. The van der Waals surface area contributed by atoms with Crippen molar-refractivity contribution in [2.75, 3.05) is 20.7 Å². The molecule has 1 amide bonds. The number of fused-ring (bicyclic) bond motifs is 1. The van der Waals surface area contributed by atoms with Gasteiger partial charge in [-0.2, -0.15) is 0 Å². The number of likely N-dealkylation sites (tertiary alicyclic amines) is 1. The molecule has 1 aromatic carbocycles. The van der Waals surface area contributed by atoms with Gasteiger partial charge in [-0.3, -0.25) is 14.2 Å². The molecule has 4 rings (SSSR count). The molecule has 1 unspecified atom stereocenters. The number of hydrogen-bond donors (Lipinski definition) is 0. The number of nitrogens with zero attached hydrogens (tertiary/aromatic N) is 3. The Labute approximate surface area is 177 Å². The van der Waals surface area contributed by atoms with Gasteiger partial charge in [0.2, 0.25) is 5.91 Å². The number of aryl methyl sites for hydroxylation is 2. The maximum absolute atomic E-state index is 13.6. The minimum atomic E-state index is -0.229. The summed E-state index contributed by atoms with van der Waals surface area (Å²) in [6.45, 7) is 4.79. The molecule has 8 heteroatoms. The molecule has 0 N–H and O–H groups in total. The zero-order chi connectivity index (χ0) is 20.7. The van der Waals surface area contributed by atoms with Crippen molar-refractivity contribution in [3.05, 3.63) is 45.1 Å². The van der Waals surface area contributed by atoms with Crippen molar-refractivity contribution in [1.82, 2.24) is 14.5 Å². The zero-order valence-corrected chi connectivity index (χ0v) is 18.5. The number of carbonyl (C=O) groups is 1. The fourth-order valence-electron chi connectivity index (χ4n) is 3.63. The second-order valence-corrected chi connectivity index (χ2v) is 9.33. The second kappa shape index (κ2) is 7.84. The number of hydrogen-bond acceptors (Lipinski definition) is 6. The number of rotatable bonds is 5. The molecule has 2 aromatic heterocycles. The van der Waals surface area contributed by atoms with Gasteiger partial charge >= 0.3 is 0 Å². The molecule has 1 aliphatic rings. The van der Waals surface area contributed by atoms with Crippen LogP contribution in [0.1, 0.15) is 23.8 Å². The molecular weight excluding hydrogens is 406 g/mol. The van der Waals surface area contributed by atoms with Crippen LogP contribution in [0.25, 0.3) is 15.9 Å². The molecule has 0 aliphatic carbocycles. The second-order valence-electron chi connectivity index (χ2n) is 7.08. The van der Waals surface area contributed by atoms with E-state index in [4.69, 9.17) is 9.72 Å². The van der Waals surface area contributed by atoms with Crippen LogP contribution in [0.5, 0.6) is 5.75 Å². The van der Waals surface area contributed by atoms with E-state index < -0.39 is 0 Å². The van der Waals surface area contributed by atoms with Crippen LogP contribution in [0, 0.1) is 6.92 Å². The lowest BCUT2D eigenvalue weighted by Crippen LogP contribution is -2.26. The highest BCUT2D eigenvalue weighted by atomic mass is 32.2. The van der Waals surface area contributed by atoms with Crippen molar-refractivity contribution in [2.45, 2.75) is 37.1 Å². The Morgan fingerprint density at radius 2 is 2.14 bits per heavy atom. The Kier molecular flexibility index (Phi) is 5.40. The highest BCUT2D eigenvalue weighted by Gasteiger charge is 2.32. The van der Waals surface area contributed by atoms with Crippen molar-refractivity contribution in [2.24, 2.45) is 0 Å². The normalized spacial score (nSPS) is 16.8. The van der Waals surface area contributed by atoms with Gasteiger partial charge in [-0.15, -0.1) is 11.3 Å². The van der Waals surface area contributed by atoms with Gasteiger partial charge in [0.05, 0.1) is 23.4 Å². The smallest absolute Gasteiger partial charge is 0.267 e. The number of amides is 1. The first-order valence-electron chi connectivity index (χ1n) is 9.55. The fourth-order valence-corrected chi connectivity index (χ4v) is 5.99. The lowest BCUT2D eigenvalue weighted by molar-refractivity contribution is -0.126. The van der Waals surface area contributed by atoms with Gasteiger partial charge in [0.15, 0.2) is 5.16 Å². The van der Waals surface area contributed by atoms with E-state index >= 15 is 0 Å². The summed E-state index contributed by atoms with van der Waals surface area (Å²) in [5.41, 5.74) is 1.58. The molecule has 3 aromatic rings. The average molecular weight is 430 g/mol. The van der Waals surface area contributed by atoms with Gasteiger partial charge in [0.25, 0.3) is 5.56 Å². The summed E-state index contributed by atoms with van der Waals surface area (Å²) in [6.07, 6.45) is 1.61. The van der Waals surface area contributed by atoms with E-state index in [0.717, 1.165) is 29.8 Å². The number of methoxy groups -OCH3 is 1. The topological polar surface area (TPSA) is 64.4 Å². The van der Waals surface area contributed by atoms with Crippen LogP contribution in [0.3, 0.4) is 0 Å². The van der Waals surface area contributed by atoms with Crippen LogP contribution >= 0.6 is 23.1 Å². The lowest BCUT2D eigenvalue weighted by atomic mass is 10.2. The molecule has 152 valence electrons. The Bertz CT molecular complexity index is 1150. The van der Waals surface area contributed by atoms with Crippen LogP contribution in [-0.4, -0.2) is 46.3 Å². The highest BCUT2D eigenvalue weighted by molar-refractivity contribution is 8.00. The third kappa shape index (κ3) is 3.44. The van der Waals surface area contributed by atoms with E-state index in [2.05, 4.69) is 6.92 Å². The Morgan fingerprint density at radius 3 is 2.79 bits per heavy atom. The molecular formula is C21H23N3O3S2. The van der Waals surface area contributed by atoms with Crippen LogP contribution < -0.4 is 10.3 Å². The van der Waals surface area contributed by atoms with Crippen LogP contribution in [0.15, 0.2) is 34.2 Å². The summed E-state index contributed by atoms with van der Waals surface area (Å²) in [5, 5.41) is 0.982. The molecule has 29 heavy (non-hydrogen) atoms. The third-order valence-corrected chi connectivity index (χ3v) is 7.83. The number of ether oxygens (including phenoxy) is 1. The SMILES string of the molecule is CCc1sc2nc(SC3CCN(C)C3=O)n(-c3cccc(OC)c3)c(=O)c2c1C. The predicted octanol–water partition coefficient (Wildman–Crippen LogP) is 3.65. The maximum atomic E-state index is 13.6. The maximum Gasteiger partial charge on any atom is 0.267 e. The molecule has 1 aliphatic heterocycles. The van der Waals surface area contributed by atoms with Crippen molar-refractivity contribution in [3.8, 4) is 11.4 Å². The largest absolute Gasteiger partial charge is 0.497 e. The first kappa shape index (κ1) is 20.0. The molecule has 0 bridgehead atoms. The molecule has 1 saturated heterocycles. The molecule has 1 atom stereocenters. The lowest BCUT2D eigenvalue weighted by Gasteiger charge is -2.15. The molecule has 3 heterocycles. The molecule has 0 spiro atoms. The van der Waals surface area contributed by atoms with Crippen molar-refractivity contribution in [1.29, 1.82) is 0 Å². The third-order valence-electron chi connectivity index (χ3n) is 5.29. The van der Waals surface area contributed by atoms with E-state index in [1.807, 2.05) is 38.2 Å². The van der Waals surface area contributed by atoms with Gasteiger partial charge in [-0.25, -0.2) is 4.98 Å². The zero-order valence-electron chi connectivity index (χ0n) is 16.9. The quantitative estimate of drug-likeness (QED) is 0.580. The Morgan fingerprint density at radius 1 is 1.34 bits per heavy atom. The highest BCUT2D eigenvalue weighted by Crippen LogP contribution is 2.34. The van der Waals surface area contributed by atoms with Crippen molar-refractivity contribution >= 4 is 39.2 Å². The van der Waals surface area contributed by atoms with Gasteiger partial charge < -0.3 is 9.64 Å². The van der Waals surface area contributed by atoms with E-state index in [9.17, 15) is 9.59 Å². The number of thiophene rings is 1. The van der Waals surface area contributed by atoms with Gasteiger partial charge in [0.1, 0.15) is 10.6 Å². The van der Waals surface area contributed by atoms with Crippen LogP contribution in [0.4, 0.5) is 0 Å². The number of carbonyl (C=O) groups excluding carboxylic acids is 1. The standard InChI is InChI=1S/C21H23N3O3S2/c1-5-15-12(2)17-18(28-15)22-21(29-16-9-10-23(3)19(16)25)24(20(17)26)13-7-6-8-14(11-13)27-4/h6-8,11,16H,5,9-10H2,1-4H3. The first-order chi connectivity index (χ1) is 13.9. The number of thioether (sulfide) groups is 1. The van der Waals surface area contributed by atoms with Crippen molar-refractivity contribution in [3.63, 3.8) is 0 Å². The summed E-state index contributed by atoms with van der Waals surface area (Å²) in [6, 6.07) is 7.38. The Hall–Kier alpha value is -2.32. The Balaban J connectivity index is 1.94. The summed E-state index contributed by atoms with van der Waals surface area (Å²) in [5.74, 6) is 0.747. The molecule has 0 saturated carbocycles. The summed E-state index contributed by atoms with van der Waals surface area (Å²) >= 11 is 2.94. The predicted molar refractivity (Wildman–Crippen MR) is 118 cm³/mol. The molecule has 6 nitrogen and oxygen atoms in total. The van der Waals surface area contributed by atoms with E-state index in [-0.39, 0.29) is 16.7 Å². The van der Waals surface area contributed by atoms with Crippen molar-refractivity contribution < 1.29 is 9.53 Å². The summed E-state index contributed by atoms with van der Waals surface area (Å²) in [4.78, 5) is 34.6. The monoisotopic (exact) mass is 429 g/mol. The number of aromatic nitrogens is 2. The fraction of sp³-hybridized carbons (Fsp3) is 0.381. The molecule has 1 fully saturated rings. The summed E-state index contributed by atoms with van der Waals surface area (Å²) in [7, 11) is 3.41. The molecule has 0 radical (unpaired) electrons. The minimum Gasteiger partial charge on any atom is -0.497 e. The van der Waals surface area contributed by atoms with Crippen LogP contribution in [0.2, 0.25) is 0 Å². The van der Waals surface area contributed by atoms with E-state index in [1.165, 1.54) is 16.6 Å². The van der Waals surface area contributed by atoms with E-state index in [1.54, 1.807) is 27.9 Å². The number of benzene rings is 1. The van der Waals surface area contributed by atoms with E-state index in [0.29, 0.717) is 22.0 Å². The first-order valence-corrected chi connectivity index (χ1v) is 11.2.